The van der Waals surface area contributed by atoms with E-state index in [2.05, 4.69) is 54.5 Å². The van der Waals surface area contributed by atoms with Gasteiger partial charge in [-0.05, 0) is 46.5 Å². The topological polar surface area (TPSA) is 34.0 Å². The largest absolute Gasteiger partial charge is 0.337 e. The molecule has 2 heterocycles. The summed E-state index contributed by atoms with van der Waals surface area (Å²) in [6.07, 6.45) is 8.30. The van der Waals surface area contributed by atoms with E-state index < -0.39 is 0 Å². The molecule has 0 aliphatic heterocycles. The lowest BCUT2D eigenvalue weighted by molar-refractivity contribution is 0.240. The van der Waals surface area contributed by atoms with E-state index in [-0.39, 0.29) is 0 Å². The minimum atomic E-state index is 0.724. The number of imidazole rings is 1. The van der Waals surface area contributed by atoms with Gasteiger partial charge in [-0.25, -0.2) is 9.97 Å². The average Bonchev–Trinajstić information content (AvgIpc) is 3.14. The van der Waals surface area contributed by atoms with Gasteiger partial charge in [0.25, 0.3) is 0 Å². The SMILES string of the molecule is Cn1cncc1CN(Cc1ccnc(Br)c1)C1CC1. The normalized spacial score (nSPS) is 15.1. The third kappa shape index (κ3) is 3.22. The van der Waals surface area contributed by atoms with Crippen molar-refractivity contribution in [3.05, 3.63) is 46.7 Å². The number of aryl methyl sites for hydroxylation is 1. The van der Waals surface area contributed by atoms with Crippen LogP contribution in [0.3, 0.4) is 0 Å². The molecule has 100 valence electrons. The monoisotopic (exact) mass is 320 g/mol. The Hall–Kier alpha value is -1.20. The minimum Gasteiger partial charge on any atom is -0.337 e. The van der Waals surface area contributed by atoms with Crippen molar-refractivity contribution in [2.45, 2.75) is 32.0 Å². The number of halogens is 1. The van der Waals surface area contributed by atoms with Gasteiger partial charge in [-0.2, -0.15) is 0 Å². The van der Waals surface area contributed by atoms with Crippen LogP contribution in [0.4, 0.5) is 0 Å². The lowest BCUT2D eigenvalue weighted by atomic mass is 10.2. The summed E-state index contributed by atoms with van der Waals surface area (Å²) in [4.78, 5) is 10.9. The fraction of sp³-hybridized carbons (Fsp3) is 0.429. The van der Waals surface area contributed by atoms with Crippen LogP contribution in [0, 0.1) is 0 Å². The second-order valence-corrected chi connectivity index (χ2v) is 5.93. The second kappa shape index (κ2) is 5.43. The summed E-state index contributed by atoms with van der Waals surface area (Å²) in [5, 5.41) is 0. The summed E-state index contributed by atoms with van der Waals surface area (Å²) in [6, 6.07) is 4.91. The molecule has 0 bridgehead atoms. The van der Waals surface area contributed by atoms with Crippen molar-refractivity contribution in [3.63, 3.8) is 0 Å². The summed E-state index contributed by atoms with van der Waals surface area (Å²) in [5.41, 5.74) is 2.57. The Bertz CT molecular complexity index is 562. The van der Waals surface area contributed by atoms with Gasteiger partial charge in [-0.3, -0.25) is 4.90 Å². The second-order valence-electron chi connectivity index (χ2n) is 5.12. The lowest BCUT2D eigenvalue weighted by Crippen LogP contribution is -2.26. The molecule has 5 heteroatoms. The summed E-state index contributed by atoms with van der Waals surface area (Å²) in [6.45, 7) is 1.93. The van der Waals surface area contributed by atoms with Crippen molar-refractivity contribution < 1.29 is 0 Å². The van der Waals surface area contributed by atoms with Crippen LogP contribution in [0.5, 0.6) is 0 Å². The van der Waals surface area contributed by atoms with Gasteiger partial charge in [0.15, 0.2) is 0 Å². The van der Waals surface area contributed by atoms with Gasteiger partial charge in [0.2, 0.25) is 0 Å². The van der Waals surface area contributed by atoms with Crippen molar-refractivity contribution in [2.75, 3.05) is 0 Å². The minimum absolute atomic E-state index is 0.724. The summed E-state index contributed by atoms with van der Waals surface area (Å²) >= 11 is 3.43. The van der Waals surface area contributed by atoms with Gasteiger partial charge in [0, 0.05) is 38.6 Å². The number of pyridine rings is 1. The van der Waals surface area contributed by atoms with Crippen molar-refractivity contribution in [1.82, 2.24) is 19.4 Å². The van der Waals surface area contributed by atoms with Crippen LogP contribution < -0.4 is 0 Å². The van der Waals surface area contributed by atoms with Crippen LogP contribution in [0.15, 0.2) is 35.5 Å². The van der Waals surface area contributed by atoms with Gasteiger partial charge < -0.3 is 4.57 Å². The molecule has 0 spiro atoms. The molecule has 2 aromatic heterocycles. The Morgan fingerprint density at radius 1 is 1.42 bits per heavy atom. The van der Waals surface area contributed by atoms with Crippen LogP contribution in [0.1, 0.15) is 24.1 Å². The standard InChI is InChI=1S/C14H17BrN4/c1-18-10-16-7-13(18)9-19(12-2-3-12)8-11-4-5-17-14(15)6-11/h4-7,10,12H,2-3,8-9H2,1H3. The maximum Gasteiger partial charge on any atom is 0.106 e. The average molecular weight is 321 g/mol. The molecular formula is C14H17BrN4. The van der Waals surface area contributed by atoms with Crippen LogP contribution in [0.25, 0.3) is 0 Å². The van der Waals surface area contributed by atoms with Crippen molar-refractivity contribution in [2.24, 2.45) is 7.05 Å². The van der Waals surface area contributed by atoms with Crippen molar-refractivity contribution >= 4 is 15.9 Å². The van der Waals surface area contributed by atoms with Crippen LogP contribution in [0.2, 0.25) is 0 Å². The van der Waals surface area contributed by atoms with E-state index >= 15 is 0 Å². The van der Waals surface area contributed by atoms with Gasteiger partial charge in [-0.15, -0.1) is 0 Å². The van der Waals surface area contributed by atoms with E-state index in [9.17, 15) is 0 Å². The summed E-state index contributed by atoms with van der Waals surface area (Å²) in [7, 11) is 2.05. The van der Waals surface area contributed by atoms with E-state index in [1.165, 1.54) is 24.1 Å². The molecule has 0 saturated heterocycles. The number of nitrogens with zero attached hydrogens (tertiary/aromatic N) is 4. The molecule has 2 aromatic rings. The summed E-state index contributed by atoms with van der Waals surface area (Å²) < 4.78 is 3.00. The van der Waals surface area contributed by atoms with E-state index in [1.807, 2.05) is 18.7 Å². The molecule has 0 amide bonds. The predicted molar refractivity (Wildman–Crippen MR) is 77.4 cm³/mol. The highest BCUT2D eigenvalue weighted by molar-refractivity contribution is 9.10. The maximum absolute atomic E-state index is 4.19. The molecular weight excluding hydrogens is 304 g/mol. The molecule has 1 aliphatic carbocycles. The number of hydrogen-bond acceptors (Lipinski definition) is 3. The Kier molecular flexibility index (Phi) is 3.66. The zero-order valence-corrected chi connectivity index (χ0v) is 12.5. The van der Waals surface area contributed by atoms with Crippen LogP contribution in [-0.2, 0) is 20.1 Å². The van der Waals surface area contributed by atoms with Gasteiger partial charge >= 0.3 is 0 Å². The molecule has 0 radical (unpaired) electrons. The van der Waals surface area contributed by atoms with Crippen molar-refractivity contribution in [1.29, 1.82) is 0 Å². The molecule has 1 saturated carbocycles. The summed E-state index contributed by atoms with van der Waals surface area (Å²) in [5.74, 6) is 0. The van der Waals surface area contributed by atoms with E-state index in [0.717, 1.165) is 23.7 Å². The van der Waals surface area contributed by atoms with Crippen molar-refractivity contribution in [3.8, 4) is 0 Å². The molecule has 19 heavy (non-hydrogen) atoms. The first-order chi connectivity index (χ1) is 9.22. The first-order valence-corrected chi connectivity index (χ1v) is 7.31. The number of hydrogen-bond donors (Lipinski definition) is 0. The fourth-order valence-corrected chi connectivity index (χ4v) is 2.69. The van der Waals surface area contributed by atoms with Crippen LogP contribution in [-0.4, -0.2) is 25.5 Å². The molecule has 0 N–H and O–H groups in total. The highest BCUT2D eigenvalue weighted by Crippen LogP contribution is 2.29. The lowest BCUT2D eigenvalue weighted by Gasteiger charge is -2.22. The first-order valence-electron chi connectivity index (χ1n) is 6.52. The molecule has 4 nitrogen and oxygen atoms in total. The molecule has 1 aliphatic rings. The zero-order valence-electron chi connectivity index (χ0n) is 11.0. The molecule has 1 fully saturated rings. The molecule has 0 unspecified atom stereocenters. The predicted octanol–water partition coefficient (Wildman–Crippen LogP) is 2.74. The van der Waals surface area contributed by atoms with E-state index in [4.69, 9.17) is 0 Å². The Balaban J connectivity index is 1.73. The number of rotatable bonds is 5. The van der Waals surface area contributed by atoms with Gasteiger partial charge in [-0.1, -0.05) is 0 Å². The van der Waals surface area contributed by atoms with E-state index in [1.54, 1.807) is 0 Å². The van der Waals surface area contributed by atoms with Crippen LogP contribution >= 0.6 is 15.9 Å². The van der Waals surface area contributed by atoms with Gasteiger partial charge in [0.05, 0.1) is 12.0 Å². The van der Waals surface area contributed by atoms with Gasteiger partial charge in [0.1, 0.15) is 4.60 Å². The Morgan fingerprint density at radius 3 is 2.89 bits per heavy atom. The number of aromatic nitrogens is 3. The highest BCUT2D eigenvalue weighted by atomic mass is 79.9. The Labute approximate surface area is 121 Å². The molecule has 0 atom stereocenters. The highest BCUT2D eigenvalue weighted by Gasteiger charge is 2.29. The third-order valence-electron chi connectivity index (χ3n) is 3.52. The first kappa shape index (κ1) is 12.8. The smallest absolute Gasteiger partial charge is 0.106 e. The third-order valence-corrected chi connectivity index (χ3v) is 3.96. The molecule has 3 rings (SSSR count). The maximum atomic E-state index is 4.19. The molecule has 0 aromatic carbocycles. The quantitative estimate of drug-likeness (QED) is 0.794. The fourth-order valence-electron chi connectivity index (χ4n) is 2.27. The zero-order chi connectivity index (χ0) is 13.2. The Morgan fingerprint density at radius 2 is 2.26 bits per heavy atom. The van der Waals surface area contributed by atoms with E-state index in [0.29, 0.717) is 0 Å².